The number of hydrogen-bond acceptors (Lipinski definition) is 3. The minimum atomic E-state index is 0.279. The van der Waals surface area contributed by atoms with Crippen molar-refractivity contribution in [2.75, 3.05) is 26.2 Å². The molecule has 0 atom stereocenters. The smallest absolute Gasteiger partial charge is 0.124 e. The predicted molar refractivity (Wildman–Crippen MR) is 97.7 cm³/mol. The van der Waals surface area contributed by atoms with Gasteiger partial charge in [-0.2, -0.15) is 5.10 Å². The number of quaternary nitrogens is 1. The molecule has 0 bridgehead atoms. The number of hydrogen-bond donors (Lipinski definition) is 2. The van der Waals surface area contributed by atoms with Crippen molar-refractivity contribution in [1.82, 2.24) is 5.01 Å². The summed E-state index contributed by atoms with van der Waals surface area (Å²) in [5.41, 5.74) is 2.85. The zero-order chi connectivity index (χ0) is 16.9. The van der Waals surface area contributed by atoms with Crippen molar-refractivity contribution in [3.8, 4) is 5.75 Å². The molecule has 0 radical (unpaired) electrons. The van der Waals surface area contributed by atoms with E-state index in [4.69, 9.17) is 11.6 Å². The normalized spacial score (nSPS) is 16.4. The van der Waals surface area contributed by atoms with Gasteiger partial charge in [0, 0.05) is 16.1 Å². The van der Waals surface area contributed by atoms with Crippen molar-refractivity contribution < 1.29 is 10.0 Å². The van der Waals surface area contributed by atoms with Gasteiger partial charge >= 0.3 is 0 Å². The van der Waals surface area contributed by atoms with Crippen LogP contribution < -0.4 is 4.90 Å². The molecule has 0 aliphatic carbocycles. The fraction of sp³-hybridized carbons (Fsp3) is 0.316. The Morgan fingerprint density at radius 2 is 1.79 bits per heavy atom. The van der Waals surface area contributed by atoms with E-state index in [0.29, 0.717) is 0 Å². The van der Waals surface area contributed by atoms with Crippen molar-refractivity contribution >= 4 is 17.3 Å². The van der Waals surface area contributed by atoms with Gasteiger partial charge in [0.25, 0.3) is 0 Å². The number of nitrogens with one attached hydrogen (secondary N) is 1. The Morgan fingerprint density at radius 3 is 2.50 bits per heavy atom. The number of rotatable bonds is 4. The molecule has 5 heteroatoms. The molecular formula is C19H23ClN3O+. The summed E-state index contributed by atoms with van der Waals surface area (Å²) in [6, 6.07) is 15.4. The van der Waals surface area contributed by atoms with E-state index in [1.54, 1.807) is 6.07 Å². The van der Waals surface area contributed by atoms with Gasteiger partial charge in [0.1, 0.15) is 12.3 Å². The summed E-state index contributed by atoms with van der Waals surface area (Å²) in [5.74, 6) is 0.279. The van der Waals surface area contributed by atoms with E-state index in [-0.39, 0.29) is 5.75 Å². The number of phenols is 1. The van der Waals surface area contributed by atoms with Crippen molar-refractivity contribution in [1.29, 1.82) is 0 Å². The molecular weight excluding hydrogens is 322 g/mol. The van der Waals surface area contributed by atoms with Gasteiger partial charge in [0.15, 0.2) is 0 Å². The highest BCUT2D eigenvalue weighted by molar-refractivity contribution is 6.31. The summed E-state index contributed by atoms with van der Waals surface area (Å²) in [5, 5.41) is 17.5. The van der Waals surface area contributed by atoms with Crippen LogP contribution in [0.15, 0.2) is 53.6 Å². The summed E-state index contributed by atoms with van der Waals surface area (Å²) in [7, 11) is 0. The van der Waals surface area contributed by atoms with Crippen LogP contribution >= 0.6 is 11.6 Å². The summed E-state index contributed by atoms with van der Waals surface area (Å²) in [6.45, 7) is 6.77. The van der Waals surface area contributed by atoms with Crippen molar-refractivity contribution in [3.63, 3.8) is 0 Å². The second-order valence-corrected chi connectivity index (χ2v) is 6.58. The molecule has 4 nitrogen and oxygen atoms in total. The molecule has 1 aliphatic heterocycles. The number of hydrazone groups is 1. The summed E-state index contributed by atoms with van der Waals surface area (Å²) < 4.78 is 0. The zero-order valence-corrected chi connectivity index (χ0v) is 14.6. The third-order valence-corrected chi connectivity index (χ3v) is 4.80. The minimum absolute atomic E-state index is 0.279. The van der Waals surface area contributed by atoms with Crippen LogP contribution in [-0.2, 0) is 6.54 Å². The fourth-order valence-corrected chi connectivity index (χ4v) is 3.25. The largest absolute Gasteiger partial charge is 0.507 e. The number of halogens is 1. The number of phenolic OH excluding ortho intramolecular Hbond substituents is 1. The fourth-order valence-electron chi connectivity index (χ4n) is 3.04. The first-order chi connectivity index (χ1) is 11.6. The van der Waals surface area contributed by atoms with Gasteiger partial charge in [-0.05, 0) is 25.1 Å². The molecule has 126 valence electrons. The first-order valence-corrected chi connectivity index (χ1v) is 8.67. The average Bonchev–Trinajstić information content (AvgIpc) is 2.59. The Morgan fingerprint density at radius 1 is 1.12 bits per heavy atom. The van der Waals surface area contributed by atoms with E-state index in [0.717, 1.165) is 49.0 Å². The number of aromatic hydroxyl groups is 1. The average molecular weight is 345 g/mol. The molecule has 2 N–H and O–H groups in total. The van der Waals surface area contributed by atoms with Gasteiger partial charge in [-0.15, -0.1) is 0 Å². The molecule has 24 heavy (non-hydrogen) atoms. The Bertz CT molecular complexity index is 724. The quantitative estimate of drug-likeness (QED) is 0.835. The van der Waals surface area contributed by atoms with E-state index in [9.17, 15) is 5.11 Å². The van der Waals surface area contributed by atoms with Crippen LogP contribution in [0.3, 0.4) is 0 Å². The highest BCUT2D eigenvalue weighted by atomic mass is 35.5. The molecule has 1 aliphatic rings. The second-order valence-electron chi connectivity index (χ2n) is 6.17. The Hall–Kier alpha value is -2.04. The lowest BCUT2D eigenvalue weighted by molar-refractivity contribution is -0.918. The summed E-state index contributed by atoms with van der Waals surface area (Å²) in [4.78, 5) is 1.52. The van der Waals surface area contributed by atoms with Crippen LogP contribution in [0.5, 0.6) is 5.75 Å². The lowest BCUT2D eigenvalue weighted by Crippen LogP contribution is -3.13. The topological polar surface area (TPSA) is 40.3 Å². The number of piperazine rings is 1. The van der Waals surface area contributed by atoms with Crippen LogP contribution in [0.4, 0.5) is 0 Å². The van der Waals surface area contributed by atoms with E-state index < -0.39 is 0 Å². The Balaban J connectivity index is 1.58. The first-order valence-electron chi connectivity index (χ1n) is 8.29. The molecule has 0 unspecified atom stereocenters. The van der Waals surface area contributed by atoms with Crippen LogP contribution in [-0.4, -0.2) is 42.0 Å². The molecule has 0 spiro atoms. The molecule has 0 aromatic heterocycles. The van der Waals surface area contributed by atoms with E-state index >= 15 is 0 Å². The molecule has 1 saturated heterocycles. The van der Waals surface area contributed by atoms with Gasteiger partial charge in [-0.3, -0.25) is 5.01 Å². The summed E-state index contributed by atoms with van der Waals surface area (Å²) in [6.07, 6.45) is 0. The van der Waals surface area contributed by atoms with Crippen LogP contribution in [0.1, 0.15) is 18.1 Å². The SMILES string of the molecule is C/C(=N\N1CC[NH+](Cc2ccccc2Cl)CC1)c1ccccc1O. The van der Waals surface area contributed by atoms with Gasteiger partial charge in [-0.1, -0.05) is 41.9 Å². The predicted octanol–water partition coefficient (Wildman–Crippen LogP) is 2.17. The minimum Gasteiger partial charge on any atom is -0.507 e. The van der Waals surface area contributed by atoms with E-state index in [1.807, 2.05) is 43.3 Å². The standard InChI is InChI=1S/C19H22ClN3O/c1-15(17-7-3-5-9-19(17)24)21-23-12-10-22(11-13-23)14-16-6-2-4-8-18(16)20/h2-9,24H,10-14H2,1H3/p+1/b21-15+. The van der Waals surface area contributed by atoms with Crippen LogP contribution in [0.2, 0.25) is 5.02 Å². The number of para-hydroxylation sites is 1. The number of nitrogens with zero attached hydrogens (tertiary/aromatic N) is 2. The van der Waals surface area contributed by atoms with Gasteiger partial charge in [0.2, 0.25) is 0 Å². The molecule has 3 rings (SSSR count). The lowest BCUT2D eigenvalue weighted by Gasteiger charge is -2.31. The summed E-state index contributed by atoms with van der Waals surface area (Å²) >= 11 is 6.25. The maximum absolute atomic E-state index is 9.93. The van der Waals surface area contributed by atoms with Gasteiger partial charge in [0.05, 0.1) is 31.9 Å². The monoisotopic (exact) mass is 344 g/mol. The Kier molecular flexibility index (Phi) is 5.38. The van der Waals surface area contributed by atoms with Crippen molar-refractivity contribution in [3.05, 3.63) is 64.7 Å². The molecule has 0 saturated carbocycles. The molecule has 2 aromatic carbocycles. The molecule has 1 fully saturated rings. The molecule has 1 heterocycles. The zero-order valence-electron chi connectivity index (χ0n) is 13.9. The van der Waals surface area contributed by atoms with Crippen molar-refractivity contribution in [2.45, 2.75) is 13.5 Å². The van der Waals surface area contributed by atoms with Gasteiger partial charge in [-0.25, -0.2) is 0 Å². The maximum atomic E-state index is 9.93. The maximum Gasteiger partial charge on any atom is 0.124 e. The third kappa shape index (κ3) is 4.08. The second kappa shape index (κ2) is 7.69. The molecule has 2 aromatic rings. The highest BCUT2D eigenvalue weighted by Crippen LogP contribution is 2.17. The third-order valence-electron chi connectivity index (χ3n) is 4.43. The van der Waals surface area contributed by atoms with Crippen LogP contribution in [0.25, 0.3) is 0 Å². The van der Waals surface area contributed by atoms with E-state index in [1.165, 1.54) is 10.5 Å². The number of benzene rings is 2. The highest BCUT2D eigenvalue weighted by Gasteiger charge is 2.20. The van der Waals surface area contributed by atoms with E-state index in [2.05, 4.69) is 16.2 Å². The molecule has 0 amide bonds. The van der Waals surface area contributed by atoms with Crippen LogP contribution in [0, 0.1) is 0 Å². The lowest BCUT2D eigenvalue weighted by atomic mass is 10.1. The Labute approximate surface area is 148 Å². The van der Waals surface area contributed by atoms with Crippen molar-refractivity contribution in [2.24, 2.45) is 5.10 Å². The van der Waals surface area contributed by atoms with Gasteiger partial charge < -0.3 is 10.0 Å². The first kappa shape index (κ1) is 16.8.